The summed E-state index contributed by atoms with van der Waals surface area (Å²) in [5.41, 5.74) is 0.848. The van der Waals surface area contributed by atoms with E-state index in [1.54, 1.807) is 18.2 Å². The predicted octanol–water partition coefficient (Wildman–Crippen LogP) is 2.14. The number of hydrogen-bond acceptors (Lipinski definition) is 2. The van der Waals surface area contributed by atoms with Crippen molar-refractivity contribution in [1.82, 2.24) is 5.32 Å². The van der Waals surface area contributed by atoms with E-state index in [4.69, 9.17) is 11.6 Å². The lowest BCUT2D eigenvalue weighted by Gasteiger charge is -2.03. The van der Waals surface area contributed by atoms with Gasteiger partial charge in [0.05, 0.1) is 5.57 Å². The van der Waals surface area contributed by atoms with E-state index in [1.807, 2.05) is 0 Å². The maximum absolute atomic E-state index is 11.4. The van der Waals surface area contributed by atoms with Crippen LogP contribution in [0.15, 0.2) is 28.7 Å². The van der Waals surface area contributed by atoms with Crippen molar-refractivity contribution in [1.29, 1.82) is 0 Å². The summed E-state index contributed by atoms with van der Waals surface area (Å²) < 4.78 is 0.801. The van der Waals surface area contributed by atoms with Crippen molar-refractivity contribution >= 4 is 44.9 Å². The zero-order valence-electron chi connectivity index (χ0n) is 7.38. The Hall–Kier alpha value is -1.13. The molecule has 1 aliphatic rings. The van der Waals surface area contributed by atoms with Crippen molar-refractivity contribution in [3.8, 4) is 0 Å². The second kappa shape index (κ2) is 3.79. The van der Waals surface area contributed by atoms with Crippen LogP contribution in [0.2, 0.25) is 5.02 Å². The Morgan fingerprint density at radius 3 is 2.60 bits per heavy atom. The maximum atomic E-state index is 11.4. The van der Waals surface area contributed by atoms with Crippen LogP contribution in [0.1, 0.15) is 5.56 Å². The minimum Gasteiger partial charge on any atom is -0.289 e. The molecule has 0 aromatic heterocycles. The summed E-state index contributed by atoms with van der Waals surface area (Å²) >= 11 is 9.21. The van der Waals surface area contributed by atoms with E-state index >= 15 is 0 Å². The van der Waals surface area contributed by atoms with Crippen molar-refractivity contribution in [2.45, 2.75) is 0 Å². The van der Waals surface area contributed by atoms with Crippen LogP contribution in [-0.2, 0) is 9.59 Å². The first-order chi connectivity index (χ1) is 7.08. The minimum absolute atomic E-state index is 0.298. The number of nitrogens with one attached hydrogen (secondary N) is 1. The molecule has 0 saturated carbocycles. The lowest BCUT2D eigenvalue weighted by molar-refractivity contribution is -0.123. The fourth-order valence-electron chi connectivity index (χ4n) is 1.32. The van der Waals surface area contributed by atoms with Gasteiger partial charge in [0.15, 0.2) is 0 Å². The van der Waals surface area contributed by atoms with Crippen molar-refractivity contribution in [3.63, 3.8) is 0 Å². The van der Waals surface area contributed by atoms with Gasteiger partial charge < -0.3 is 0 Å². The third kappa shape index (κ3) is 1.96. The average Bonchev–Trinajstić information content (AvgIpc) is 2.50. The molecule has 0 aliphatic carbocycles. The molecule has 0 unspecified atom stereocenters. The molecular weight excluding hydrogens is 281 g/mol. The van der Waals surface area contributed by atoms with E-state index in [2.05, 4.69) is 21.2 Å². The van der Waals surface area contributed by atoms with Gasteiger partial charge in [0.2, 0.25) is 0 Å². The summed E-state index contributed by atoms with van der Waals surface area (Å²) in [5, 5.41) is 2.61. The molecule has 1 N–H and O–H groups in total. The average molecular weight is 287 g/mol. The number of amides is 2. The SMILES string of the molecule is O=C1C=C(c2cc(Br)ccc2Cl)C(=O)N1. The van der Waals surface area contributed by atoms with E-state index in [-0.39, 0.29) is 0 Å². The largest absolute Gasteiger partial charge is 0.289 e. The zero-order chi connectivity index (χ0) is 11.0. The van der Waals surface area contributed by atoms with Gasteiger partial charge in [-0.05, 0) is 18.2 Å². The first-order valence-electron chi connectivity index (χ1n) is 4.10. The Bertz CT molecular complexity index is 496. The van der Waals surface area contributed by atoms with Gasteiger partial charge in [-0.3, -0.25) is 14.9 Å². The first-order valence-corrected chi connectivity index (χ1v) is 5.27. The van der Waals surface area contributed by atoms with Crippen molar-refractivity contribution in [2.75, 3.05) is 0 Å². The molecule has 1 aromatic rings. The van der Waals surface area contributed by atoms with Gasteiger partial charge in [0.25, 0.3) is 11.8 Å². The van der Waals surface area contributed by atoms with Crippen molar-refractivity contribution in [3.05, 3.63) is 39.3 Å². The Labute approximate surface area is 99.2 Å². The lowest BCUT2D eigenvalue weighted by Crippen LogP contribution is -2.21. The van der Waals surface area contributed by atoms with E-state index in [1.165, 1.54) is 6.08 Å². The zero-order valence-corrected chi connectivity index (χ0v) is 9.72. The number of hydrogen-bond donors (Lipinski definition) is 1. The van der Waals surface area contributed by atoms with Gasteiger partial charge in [-0.2, -0.15) is 0 Å². The Balaban J connectivity index is 2.54. The number of benzene rings is 1. The summed E-state index contributed by atoms with van der Waals surface area (Å²) in [5.74, 6) is -0.828. The van der Waals surface area contributed by atoms with E-state index in [9.17, 15) is 9.59 Å². The van der Waals surface area contributed by atoms with E-state index in [0.29, 0.717) is 16.2 Å². The first kappa shape index (κ1) is 10.4. The molecule has 2 rings (SSSR count). The van der Waals surface area contributed by atoms with Crippen LogP contribution >= 0.6 is 27.5 Å². The van der Waals surface area contributed by atoms with E-state index < -0.39 is 11.8 Å². The molecule has 1 aliphatic heterocycles. The summed E-state index contributed by atoms with van der Waals surface area (Å²) in [7, 11) is 0. The molecule has 0 atom stereocenters. The number of halogens is 2. The molecule has 15 heavy (non-hydrogen) atoms. The second-order valence-corrected chi connectivity index (χ2v) is 4.32. The molecule has 5 heteroatoms. The molecule has 2 amide bonds. The van der Waals surface area contributed by atoms with Crippen LogP contribution in [0.5, 0.6) is 0 Å². The van der Waals surface area contributed by atoms with Crippen molar-refractivity contribution in [2.24, 2.45) is 0 Å². The fraction of sp³-hybridized carbons (Fsp3) is 0. The molecule has 0 saturated heterocycles. The van der Waals surface area contributed by atoms with Gasteiger partial charge in [-0.15, -0.1) is 0 Å². The third-order valence-electron chi connectivity index (χ3n) is 1.98. The molecular formula is C10H5BrClNO2. The summed E-state index contributed by atoms with van der Waals surface area (Å²) in [6, 6.07) is 5.13. The monoisotopic (exact) mass is 285 g/mol. The van der Waals surface area contributed by atoms with Crippen LogP contribution in [-0.4, -0.2) is 11.8 Å². The summed E-state index contributed by atoms with van der Waals surface area (Å²) in [6.45, 7) is 0. The summed E-state index contributed by atoms with van der Waals surface area (Å²) in [6.07, 6.45) is 1.25. The van der Waals surface area contributed by atoms with Crippen LogP contribution in [0.25, 0.3) is 5.57 Å². The third-order valence-corrected chi connectivity index (χ3v) is 2.80. The molecule has 1 aromatic carbocycles. The molecule has 1 heterocycles. The number of imide groups is 1. The maximum Gasteiger partial charge on any atom is 0.258 e. The normalized spacial score (nSPS) is 15.2. The number of carbonyl (C=O) groups excluding carboxylic acids is 2. The highest BCUT2D eigenvalue weighted by atomic mass is 79.9. The highest BCUT2D eigenvalue weighted by Crippen LogP contribution is 2.28. The number of carbonyl (C=O) groups is 2. The van der Waals surface area contributed by atoms with Gasteiger partial charge in [0.1, 0.15) is 0 Å². The Morgan fingerprint density at radius 2 is 2.00 bits per heavy atom. The number of rotatable bonds is 1. The quantitative estimate of drug-likeness (QED) is 0.804. The highest BCUT2D eigenvalue weighted by molar-refractivity contribution is 9.10. The van der Waals surface area contributed by atoms with Crippen LogP contribution in [0.4, 0.5) is 0 Å². The fourth-order valence-corrected chi connectivity index (χ4v) is 1.90. The van der Waals surface area contributed by atoms with Gasteiger partial charge in [0, 0.05) is 21.1 Å². The predicted molar refractivity (Wildman–Crippen MR) is 60.3 cm³/mol. The lowest BCUT2D eigenvalue weighted by atomic mass is 10.1. The molecule has 0 bridgehead atoms. The molecule has 0 radical (unpaired) electrons. The Morgan fingerprint density at radius 1 is 1.27 bits per heavy atom. The standard InChI is InChI=1S/C10H5BrClNO2/c11-5-1-2-8(12)6(3-5)7-4-9(14)13-10(7)15/h1-4H,(H,13,14,15). The summed E-state index contributed by atoms with van der Waals surface area (Å²) in [4.78, 5) is 22.3. The smallest absolute Gasteiger partial charge is 0.258 e. The van der Waals surface area contributed by atoms with Crippen LogP contribution in [0.3, 0.4) is 0 Å². The molecule has 3 nitrogen and oxygen atoms in total. The van der Waals surface area contributed by atoms with Gasteiger partial charge >= 0.3 is 0 Å². The highest BCUT2D eigenvalue weighted by Gasteiger charge is 2.23. The van der Waals surface area contributed by atoms with E-state index in [0.717, 1.165) is 4.47 Å². The minimum atomic E-state index is -0.417. The topological polar surface area (TPSA) is 46.2 Å². The van der Waals surface area contributed by atoms with Crippen LogP contribution < -0.4 is 5.32 Å². The molecule has 0 fully saturated rings. The Kier molecular flexibility index (Phi) is 2.63. The second-order valence-electron chi connectivity index (χ2n) is 3.00. The van der Waals surface area contributed by atoms with Crippen LogP contribution in [0, 0.1) is 0 Å². The molecule has 76 valence electrons. The van der Waals surface area contributed by atoms with Gasteiger partial charge in [-0.25, -0.2) is 0 Å². The molecule has 0 spiro atoms. The van der Waals surface area contributed by atoms with Crippen molar-refractivity contribution < 1.29 is 9.59 Å². The van der Waals surface area contributed by atoms with Gasteiger partial charge in [-0.1, -0.05) is 27.5 Å².